The Morgan fingerprint density at radius 2 is 1.95 bits per heavy atom. The van der Waals surface area contributed by atoms with E-state index in [9.17, 15) is 0 Å². The summed E-state index contributed by atoms with van der Waals surface area (Å²) in [6, 6.07) is 8.38. The number of benzene rings is 1. The molecule has 3 nitrogen and oxygen atoms in total. The normalized spacial score (nSPS) is 11.1. The van der Waals surface area contributed by atoms with Gasteiger partial charge in [-0.05, 0) is 37.6 Å². The Balaban J connectivity index is 1.85. The molecule has 0 bridgehead atoms. The van der Waals surface area contributed by atoms with E-state index in [0.29, 0.717) is 12.5 Å². The summed E-state index contributed by atoms with van der Waals surface area (Å²) in [5.41, 5.74) is 2.47. The molecule has 0 saturated carbocycles. The number of hydrogen-bond donors (Lipinski definition) is 1. The minimum atomic E-state index is 0.558. The fraction of sp³-hybridized carbons (Fsp3) is 0.471. The summed E-state index contributed by atoms with van der Waals surface area (Å²) in [5.74, 6) is 1.49. The predicted molar refractivity (Wildman–Crippen MR) is 89.3 cm³/mol. The topological polar surface area (TPSA) is 34.1 Å². The number of nitrogens with zero attached hydrogens (tertiary/aromatic N) is 1. The number of rotatable bonds is 7. The SMILES string of the molecule is CNCc1sc(CCOc2ccc(C(C)C)cc2)nc1C. The molecule has 0 atom stereocenters. The summed E-state index contributed by atoms with van der Waals surface area (Å²) in [6.07, 6.45) is 0.862. The lowest BCUT2D eigenvalue weighted by Gasteiger charge is -2.08. The number of nitrogens with one attached hydrogen (secondary N) is 1. The van der Waals surface area contributed by atoms with Crippen LogP contribution in [0.5, 0.6) is 5.75 Å². The molecule has 2 rings (SSSR count). The van der Waals surface area contributed by atoms with Crippen LogP contribution in [0, 0.1) is 6.92 Å². The molecule has 0 saturated heterocycles. The first-order chi connectivity index (χ1) is 10.1. The van der Waals surface area contributed by atoms with Crippen molar-refractivity contribution in [1.29, 1.82) is 0 Å². The quantitative estimate of drug-likeness (QED) is 0.842. The van der Waals surface area contributed by atoms with E-state index >= 15 is 0 Å². The molecule has 0 spiro atoms. The van der Waals surface area contributed by atoms with Gasteiger partial charge in [0.15, 0.2) is 0 Å². The molecule has 0 aliphatic carbocycles. The molecule has 1 N–H and O–H groups in total. The first kappa shape index (κ1) is 16.0. The molecule has 1 aromatic carbocycles. The van der Waals surface area contributed by atoms with E-state index in [4.69, 9.17) is 4.74 Å². The van der Waals surface area contributed by atoms with Gasteiger partial charge in [-0.25, -0.2) is 4.98 Å². The van der Waals surface area contributed by atoms with Gasteiger partial charge in [-0.2, -0.15) is 0 Å². The highest BCUT2D eigenvalue weighted by molar-refractivity contribution is 7.11. The Morgan fingerprint density at radius 1 is 1.24 bits per heavy atom. The first-order valence-electron chi connectivity index (χ1n) is 7.42. The Hall–Kier alpha value is -1.39. The molecule has 2 aromatic rings. The van der Waals surface area contributed by atoms with Gasteiger partial charge >= 0.3 is 0 Å². The molecule has 0 aliphatic heterocycles. The lowest BCUT2D eigenvalue weighted by molar-refractivity contribution is 0.321. The Morgan fingerprint density at radius 3 is 2.57 bits per heavy atom. The maximum atomic E-state index is 5.80. The van der Waals surface area contributed by atoms with Gasteiger partial charge < -0.3 is 10.1 Å². The van der Waals surface area contributed by atoms with Crippen LogP contribution in [0.3, 0.4) is 0 Å². The monoisotopic (exact) mass is 304 g/mol. The van der Waals surface area contributed by atoms with E-state index in [0.717, 1.165) is 29.4 Å². The van der Waals surface area contributed by atoms with E-state index < -0.39 is 0 Å². The minimum Gasteiger partial charge on any atom is -0.493 e. The van der Waals surface area contributed by atoms with Crippen molar-refractivity contribution < 1.29 is 4.74 Å². The summed E-state index contributed by atoms with van der Waals surface area (Å²) in [4.78, 5) is 5.91. The van der Waals surface area contributed by atoms with Gasteiger partial charge in [-0.3, -0.25) is 0 Å². The highest BCUT2D eigenvalue weighted by atomic mass is 32.1. The van der Waals surface area contributed by atoms with Crippen LogP contribution in [-0.4, -0.2) is 18.6 Å². The smallest absolute Gasteiger partial charge is 0.119 e. The molecule has 0 unspecified atom stereocenters. The maximum Gasteiger partial charge on any atom is 0.119 e. The van der Waals surface area contributed by atoms with Crippen molar-refractivity contribution in [2.45, 2.75) is 39.7 Å². The standard InChI is InChI=1S/C17H24N2OS/c1-12(2)14-5-7-15(8-6-14)20-10-9-17-19-13(3)16(21-17)11-18-4/h5-8,12,18H,9-11H2,1-4H3. The number of thiazole rings is 1. The van der Waals surface area contributed by atoms with Gasteiger partial charge in [-0.15, -0.1) is 11.3 Å². The van der Waals surface area contributed by atoms with Crippen LogP contribution in [-0.2, 0) is 13.0 Å². The molecule has 1 aromatic heterocycles. The highest BCUT2D eigenvalue weighted by Crippen LogP contribution is 2.20. The minimum absolute atomic E-state index is 0.558. The molecule has 0 amide bonds. The second-order valence-electron chi connectivity index (χ2n) is 5.47. The molecule has 114 valence electrons. The molecule has 21 heavy (non-hydrogen) atoms. The van der Waals surface area contributed by atoms with Gasteiger partial charge in [0.05, 0.1) is 17.3 Å². The summed E-state index contributed by atoms with van der Waals surface area (Å²) in [7, 11) is 1.96. The third-order valence-corrected chi connectivity index (χ3v) is 4.62. The van der Waals surface area contributed by atoms with Crippen LogP contribution in [0.15, 0.2) is 24.3 Å². The number of aryl methyl sites for hydroxylation is 1. The van der Waals surface area contributed by atoms with Crippen molar-refractivity contribution >= 4 is 11.3 Å². The van der Waals surface area contributed by atoms with Crippen molar-refractivity contribution in [3.63, 3.8) is 0 Å². The third kappa shape index (κ3) is 4.55. The van der Waals surface area contributed by atoms with E-state index in [-0.39, 0.29) is 0 Å². The molecule has 0 radical (unpaired) electrons. The molecule has 1 heterocycles. The largest absolute Gasteiger partial charge is 0.493 e. The molecule has 0 fully saturated rings. The van der Waals surface area contributed by atoms with Gasteiger partial charge in [0.25, 0.3) is 0 Å². The van der Waals surface area contributed by atoms with Crippen LogP contribution < -0.4 is 10.1 Å². The van der Waals surface area contributed by atoms with Crippen LogP contribution in [0.4, 0.5) is 0 Å². The first-order valence-corrected chi connectivity index (χ1v) is 8.24. The zero-order chi connectivity index (χ0) is 15.2. The summed E-state index contributed by atoms with van der Waals surface area (Å²) in [5, 5.41) is 4.32. The van der Waals surface area contributed by atoms with E-state index in [1.54, 1.807) is 11.3 Å². The van der Waals surface area contributed by atoms with Crippen LogP contribution in [0.2, 0.25) is 0 Å². The lowest BCUT2D eigenvalue weighted by Crippen LogP contribution is -2.04. The van der Waals surface area contributed by atoms with Gasteiger partial charge in [0, 0.05) is 17.8 Å². The van der Waals surface area contributed by atoms with E-state index in [1.165, 1.54) is 10.4 Å². The summed E-state index contributed by atoms with van der Waals surface area (Å²) < 4.78 is 5.80. The van der Waals surface area contributed by atoms with Crippen molar-refractivity contribution in [3.8, 4) is 5.75 Å². The van der Waals surface area contributed by atoms with Crippen molar-refractivity contribution in [2.24, 2.45) is 0 Å². The maximum absolute atomic E-state index is 5.80. The Kier molecular flexibility index (Phi) is 5.76. The molecule has 0 aliphatic rings. The second kappa shape index (κ2) is 7.57. The summed E-state index contributed by atoms with van der Waals surface area (Å²) in [6.45, 7) is 8.03. The number of aromatic nitrogens is 1. The van der Waals surface area contributed by atoms with Crippen LogP contribution >= 0.6 is 11.3 Å². The number of ether oxygens (including phenoxy) is 1. The average molecular weight is 304 g/mol. The highest BCUT2D eigenvalue weighted by Gasteiger charge is 2.07. The van der Waals surface area contributed by atoms with Gasteiger partial charge in [-0.1, -0.05) is 26.0 Å². The van der Waals surface area contributed by atoms with Gasteiger partial charge in [0.1, 0.15) is 5.75 Å². The molecule has 4 heteroatoms. The zero-order valence-corrected chi connectivity index (χ0v) is 14.1. The van der Waals surface area contributed by atoms with Crippen LogP contribution in [0.25, 0.3) is 0 Å². The lowest BCUT2D eigenvalue weighted by atomic mass is 10.0. The zero-order valence-electron chi connectivity index (χ0n) is 13.3. The number of hydrogen-bond acceptors (Lipinski definition) is 4. The molecular weight excluding hydrogens is 280 g/mol. The van der Waals surface area contributed by atoms with E-state index in [1.807, 2.05) is 7.05 Å². The van der Waals surface area contributed by atoms with Gasteiger partial charge in [0.2, 0.25) is 0 Å². The predicted octanol–water partition coefficient (Wildman–Crippen LogP) is 3.92. The van der Waals surface area contributed by atoms with E-state index in [2.05, 4.69) is 55.3 Å². The van der Waals surface area contributed by atoms with Crippen molar-refractivity contribution in [1.82, 2.24) is 10.3 Å². The van der Waals surface area contributed by atoms with Crippen molar-refractivity contribution in [3.05, 3.63) is 45.4 Å². The Labute approximate surface area is 131 Å². The second-order valence-corrected chi connectivity index (χ2v) is 6.64. The fourth-order valence-corrected chi connectivity index (χ4v) is 3.19. The fourth-order valence-electron chi connectivity index (χ4n) is 2.12. The summed E-state index contributed by atoms with van der Waals surface area (Å²) >= 11 is 1.77. The average Bonchev–Trinajstić information content (AvgIpc) is 2.80. The molecular formula is C17H24N2OS. The van der Waals surface area contributed by atoms with Crippen molar-refractivity contribution in [2.75, 3.05) is 13.7 Å². The third-order valence-electron chi connectivity index (χ3n) is 3.41. The van der Waals surface area contributed by atoms with Crippen LogP contribution in [0.1, 0.15) is 40.9 Å². The Bertz CT molecular complexity index is 561.